The highest BCUT2D eigenvalue weighted by molar-refractivity contribution is 7.90. The van der Waals surface area contributed by atoms with Crippen molar-refractivity contribution in [1.82, 2.24) is 19.9 Å². The molecule has 5 saturated carbocycles. The first-order chi connectivity index (χ1) is 25.3. The van der Waals surface area contributed by atoms with Gasteiger partial charge < -0.3 is 14.6 Å². The second-order valence-electron chi connectivity index (χ2n) is 19.2. The summed E-state index contributed by atoms with van der Waals surface area (Å²) in [6, 6.07) is -1.61. The molecule has 6 aliphatic rings. The van der Waals surface area contributed by atoms with Crippen molar-refractivity contribution in [2.24, 2.45) is 44.8 Å². The Morgan fingerprint density at radius 3 is 2.22 bits per heavy atom. The summed E-state index contributed by atoms with van der Waals surface area (Å²) in [6.45, 7) is 14.5. The van der Waals surface area contributed by atoms with Crippen LogP contribution in [0.25, 0.3) is 0 Å². The Kier molecular flexibility index (Phi) is 9.65. The van der Waals surface area contributed by atoms with E-state index in [-0.39, 0.29) is 64.1 Å². The minimum absolute atomic E-state index is 0.0225. The Labute approximate surface area is 319 Å². The van der Waals surface area contributed by atoms with Crippen LogP contribution in [0.3, 0.4) is 0 Å². The van der Waals surface area contributed by atoms with E-state index in [2.05, 4.69) is 35.4 Å². The second kappa shape index (κ2) is 13.4. The van der Waals surface area contributed by atoms with Crippen LogP contribution in [0.15, 0.2) is 29.7 Å². The van der Waals surface area contributed by atoms with Gasteiger partial charge >= 0.3 is 0 Å². The average Bonchev–Trinajstić information content (AvgIpc) is 4.02. The molecule has 1 saturated heterocycles. The van der Waals surface area contributed by atoms with Gasteiger partial charge in [0.25, 0.3) is 5.91 Å². The van der Waals surface area contributed by atoms with Crippen LogP contribution in [-0.4, -0.2) is 71.5 Å². The van der Waals surface area contributed by atoms with Gasteiger partial charge in [0.2, 0.25) is 21.8 Å². The Balaban J connectivity index is 1.16. The van der Waals surface area contributed by atoms with Gasteiger partial charge in [-0.05, 0) is 79.4 Å². The smallest absolute Gasteiger partial charge is 0.273 e. The van der Waals surface area contributed by atoms with E-state index in [1.165, 1.54) is 12.7 Å². The molecular formula is C41H58N4O8S. The molecule has 6 atom stereocenters. The predicted octanol–water partition coefficient (Wildman–Crippen LogP) is 5.53. The molecule has 54 heavy (non-hydrogen) atoms. The van der Waals surface area contributed by atoms with Crippen molar-refractivity contribution in [3.63, 3.8) is 0 Å². The van der Waals surface area contributed by atoms with E-state index in [0.29, 0.717) is 32.2 Å². The van der Waals surface area contributed by atoms with E-state index in [1.54, 1.807) is 11.0 Å². The number of aromatic nitrogens is 1. The van der Waals surface area contributed by atoms with E-state index >= 15 is 4.79 Å². The van der Waals surface area contributed by atoms with Crippen LogP contribution < -0.4 is 10.0 Å². The normalized spacial score (nSPS) is 30.9. The number of carbonyl (C=O) groups is 5. The zero-order valence-electron chi connectivity index (χ0n) is 32.6. The van der Waals surface area contributed by atoms with Gasteiger partial charge in [-0.15, -0.1) is 6.58 Å². The molecule has 2 heterocycles. The lowest BCUT2D eigenvalue weighted by molar-refractivity contribution is -0.146. The van der Waals surface area contributed by atoms with E-state index in [4.69, 9.17) is 4.42 Å². The maximum atomic E-state index is 15.1. The molecule has 296 valence electrons. The summed E-state index contributed by atoms with van der Waals surface area (Å²) in [7, 11) is -3.83. The van der Waals surface area contributed by atoms with Crippen LogP contribution in [0, 0.1) is 44.8 Å². The van der Waals surface area contributed by atoms with Crippen LogP contribution in [0.5, 0.6) is 0 Å². The number of sulfonamides is 1. The Hall–Kier alpha value is -3.35. The Bertz CT molecular complexity index is 1820. The maximum absolute atomic E-state index is 15.1. The van der Waals surface area contributed by atoms with Gasteiger partial charge in [-0.3, -0.25) is 28.7 Å². The number of nitrogens with one attached hydrogen (secondary N) is 2. The molecule has 2 spiro atoms. The van der Waals surface area contributed by atoms with Crippen molar-refractivity contribution in [3.05, 3.63) is 31.0 Å². The topological polar surface area (TPSA) is 173 Å². The molecule has 2 N–H and O–H groups in total. The third-order valence-electron chi connectivity index (χ3n) is 15.2. The number of carbonyl (C=O) groups excluding carboxylic acids is 5. The largest absolute Gasteiger partial charge is 0.451 e. The summed E-state index contributed by atoms with van der Waals surface area (Å²) in [5, 5.41) is 2.36. The molecule has 1 aliphatic heterocycles. The molecular weight excluding hydrogens is 709 g/mol. The third-order valence-corrected chi connectivity index (χ3v) is 17.0. The average molecular weight is 767 g/mol. The molecule has 0 aromatic carbocycles. The molecule has 1 aromatic rings. The molecule has 1 aromatic heterocycles. The van der Waals surface area contributed by atoms with Crippen molar-refractivity contribution in [3.8, 4) is 0 Å². The van der Waals surface area contributed by atoms with Crippen LogP contribution in [-0.2, 0) is 29.2 Å². The molecule has 0 bridgehead atoms. The number of fused-ring (bicyclic) bond motifs is 1. The predicted molar refractivity (Wildman–Crippen MR) is 200 cm³/mol. The van der Waals surface area contributed by atoms with E-state index in [0.717, 1.165) is 51.4 Å². The highest BCUT2D eigenvalue weighted by atomic mass is 32.2. The number of nitrogens with zero attached hydrogens (tertiary/aromatic N) is 2. The van der Waals surface area contributed by atoms with E-state index in [1.807, 2.05) is 20.8 Å². The third kappa shape index (κ3) is 6.28. The highest BCUT2D eigenvalue weighted by Crippen LogP contribution is 2.88. The lowest BCUT2D eigenvalue weighted by Gasteiger charge is -2.37. The summed E-state index contributed by atoms with van der Waals surface area (Å²) in [6.07, 6.45) is 13.2. The van der Waals surface area contributed by atoms with Gasteiger partial charge in [0.15, 0.2) is 23.7 Å². The van der Waals surface area contributed by atoms with Crippen molar-refractivity contribution in [1.29, 1.82) is 0 Å². The second-order valence-corrected chi connectivity index (χ2v) is 21.1. The van der Waals surface area contributed by atoms with Gasteiger partial charge in [-0.2, -0.15) is 0 Å². The minimum atomic E-state index is -3.83. The molecule has 6 fully saturated rings. The summed E-state index contributed by atoms with van der Waals surface area (Å²) in [4.78, 5) is 76.8. The van der Waals surface area contributed by atoms with Crippen LogP contribution in [0.4, 0.5) is 0 Å². The molecule has 7 rings (SSSR count). The van der Waals surface area contributed by atoms with Crippen LogP contribution in [0.1, 0.15) is 135 Å². The van der Waals surface area contributed by atoms with E-state index in [9.17, 15) is 27.6 Å². The lowest BCUT2D eigenvalue weighted by atomic mass is 9.73. The number of hydrogen-bond donors (Lipinski definition) is 2. The number of hydrogen-bond acceptors (Lipinski definition) is 9. The van der Waals surface area contributed by atoms with Crippen molar-refractivity contribution >= 4 is 39.3 Å². The zero-order chi connectivity index (χ0) is 39.1. The standard InChI is InChI=1S/C41H58N4O8S/c1-7-26-19-39(26,36(50)44-54(51,52)27-14-15-27)21-32(47)30-20-41(38(5,6)40(41)16-11-17-40)23-45(30)35(49)28(37(2,3)4)18-31(46)33(25-12-9-8-10-13-25)43-34(48)29-22-53-24-42-29/h7,22,24-28,30,33H,1,8-21,23H2,2-6H3,(H,43,48)(H,44,50)/t26-,28-,30+,33+,39-,41-/m1/s1. The molecule has 13 heteroatoms. The van der Waals surface area contributed by atoms with Gasteiger partial charge in [0.1, 0.15) is 6.26 Å². The fourth-order valence-electron chi connectivity index (χ4n) is 11.2. The highest BCUT2D eigenvalue weighted by Gasteiger charge is 2.85. The SMILES string of the molecule is C=C[C@@H]1C[C@]1(CC(=O)[C@@H]1C[C@@]2(CN1C(=O)[C@@H](CC(=O)[C@@H](NC(=O)c1cocn1)C1CCCCC1)C(C)(C)C)C(C)(C)C21CCC1)C(=O)NS(=O)(=O)C1CC1. The molecule has 3 amide bonds. The summed E-state index contributed by atoms with van der Waals surface area (Å²) in [5.74, 6) is -3.11. The molecule has 12 nitrogen and oxygen atoms in total. The molecule has 0 unspecified atom stereocenters. The fourth-order valence-corrected chi connectivity index (χ4v) is 12.6. The van der Waals surface area contributed by atoms with Gasteiger partial charge in [-0.1, -0.05) is 66.4 Å². The summed E-state index contributed by atoms with van der Waals surface area (Å²) in [5.41, 5.74) is -2.17. The quantitative estimate of drug-likeness (QED) is 0.231. The Morgan fingerprint density at radius 2 is 1.70 bits per heavy atom. The number of likely N-dealkylation sites (tertiary alicyclic amines) is 1. The molecule has 0 radical (unpaired) electrons. The number of oxazole rings is 1. The number of rotatable bonds is 14. The Morgan fingerprint density at radius 1 is 1.02 bits per heavy atom. The summed E-state index contributed by atoms with van der Waals surface area (Å²) >= 11 is 0. The number of ketones is 2. The first kappa shape index (κ1) is 38.9. The van der Waals surface area contributed by atoms with Gasteiger partial charge in [-0.25, -0.2) is 13.4 Å². The number of allylic oxidation sites excluding steroid dienone is 1. The number of Topliss-reactive ketones (excluding diaryl/α,β-unsaturated/α-hetero) is 2. The van der Waals surface area contributed by atoms with Gasteiger partial charge in [0, 0.05) is 30.7 Å². The first-order valence-electron chi connectivity index (χ1n) is 20.1. The monoisotopic (exact) mass is 766 g/mol. The molecule has 5 aliphatic carbocycles. The van der Waals surface area contributed by atoms with Crippen molar-refractivity contribution < 1.29 is 36.8 Å². The van der Waals surface area contributed by atoms with Crippen LogP contribution in [0.2, 0.25) is 0 Å². The van der Waals surface area contributed by atoms with Crippen LogP contribution >= 0.6 is 0 Å². The van der Waals surface area contributed by atoms with E-state index < -0.39 is 55.9 Å². The summed E-state index contributed by atoms with van der Waals surface area (Å²) < 4.78 is 32.9. The zero-order valence-corrected chi connectivity index (χ0v) is 33.4. The van der Waals surface area contributed by atoms with Gasteiger partial charge in [0.05, 0.1) is 22.7 Å². The fraction of sp³-hybridized carbons (Fsp3) is 0.756. The lowest BCUT2D eigenvalue weighted by Crippen LogP contribution is -2.51. The number of amides is 3. The first-order valence-corrected chi connectivity index (χ1v) is 21.6. The van der Waals surface area contributed by atoms with Crippen molar-refractivity contribution in [2.45, 2.75) is 142 Å². The maximum Gasteiger partial charge on any atom is 0.273 e. The minimum Gasteiger partial charge on any atom is -0.451 e. The van der Waals surface area contributed by atoms with Crippen molar-refractivity contribution in [2.75, 3.05) is 6.54 Å².